The molecule has 1 heteroatoms. The highest BCUT2D eigenvalue weighted by molar-refractivity contribution is 5.38. The van der Waals surface area contributed by atoms with Crippen molar-refractivity contribution in [2.75, 3.05) is 0 Å². The van der Waals surface area contributed by atoms with Crippen molar-refractivity contribution >= 4 is 0 Å². The molecule has 0 saturated carbocycles. The normalized spacial score (nSPS) is 11.3. The van der Waals surface area contributed by atoms with Gasteiger partial charge < -0.3 is 4.74 Å². The number of benzene rings is 2. The Hall–Kier alpha value is -1.76. The zero-order valence-electron chi connectivity index (χ0n) is 11.5. The van der Waals surface area contributed by atoms with Gasteiger partial charge in [-0.2, -0.15) is 0 Å². The second-order valence-corrected chi connectivity index (χ2v) is 5.64. The first-order valence-electron chi connectivity index (χ1n) is 6.31. The molecule has 0 bridgehead atoms. The minimum absolute atomic E-state index is 0.182. The van der Waals surface area contributed by atoms with Gasteiger partial charge in [0.2, 0.25) is 0 Å². The van der Waals surface area contributed by atoms with Crippen LogP contribution in [-0.4, -0.2) is 0 Å². The Kier molecular flexibility index (Phi) is 3.42. The van der Waals surface area contributed by atoms with Crippen LogP contribution < -0.4 is 4.74 Å². The second kappa shape index (κ2) is 4.85. The number of rotatable bonds is 2. The maximum atomic E-state index is 5.88. The van der Waals surface area contributed by atoms with Gasteiger partial charge in [0.05, 0.1) is 0 Å². The van der Waals surface area contributed by atoms with Gasteiger partial charge in [0, 0.05) is 0 Å². The van der Waals surface area contributed by atoms with Crippen LogP contribution in [0.4, 0.5) is 0 Å². The molecule has 94 valence electrons. The summed E-state index contributed by atoms with van der Waals surface area (Å²) in [5.74, 6) is 1.80. The summed E-state index contributed by atoms with van der Waals surface area (Å²) in [5, 5.41) is 0. The van der Waals surface area contributed by atoms with Crippen molar-refractivity contribution in [3.8, 4) is 11.5 Å². The van der Waals surface area contributed by atoms with Crippen LogP contribution in [0.3, 0.4) is 0 Å². The molecular weight excluding hydrogens is 220 g/mol. The van der Waals surface area contributed by atoms with Gasteiger partial charge in [-0.05, 0) is 41.7 Å². The van der Waals surface area contributed by atoms with E-state index in [4.69, 9.17) is 4.74 Å². The first kappa shape index (κ1) is 12.7. The lowest BCUT2D eigenvalue weighted by molar-refractivity contribution is 0.477. The van der Waals surface area contributed by atoms with Gasteiger partial charge in [-0.3, -0.25) is 0 Å². The summed E-state index contributed by atoms with van der Waals surface area (Å²) in [6, 6.07) is 16.4. The Balaban J connectivity index is 2.19. The molecule has 0 saturated heterocycles. The van der Waals surface area contributed by atoms with E-state index in [-0.39, 0.29) is 5.41 Å². The fraction of sp³-hybridized carbons (Fsp3) is 0.294. The van der Waals surface area contributed by atoms with Crippen molar-refractivity contribution in [1.29, 1.82) is 0 Å². The molecule has 2 aromatic rings. The van der Waals surface area contributed by atoms with Gasteiger partial charge in [0.15, 0.2) is 0 Å². The monoisotopic (exact) mass is 240 g/mol. The Morgan fingerprint density at radius 2 is 1.44 bits per heavy atom. The van der Waals surface area contributed by atoms with Crippen molar-refractivity contribution in [2.24, 2.45) is 0 Å². The summed E-state index contributed by atoms with van der Waals surface area (Å²) in [7, 11) is 0. The molecule has 0 amide bonds. The number of hydrogen-bond donors (Lipinski definition) is 0. The predicted octanol–water partition coefficient (Wildman–Crippen LogP) is 5.08. The third-order valence-electron chi connectivity index (χ3n) is 3.04. The van der Waals surface area contributed by atoms with E-state index in [0.717, 1.165) is 17.1 Å². The van der Waals surface area contributed by atoms with Crippen LogP contribution in [0.25, 0.3) is 0 Å². The molecule has 0 aliphatic rings. The van der Waals surface area contributed by atoms with Crippen LogP contribution in [0.5, 0.6) is 11.5 Å². The summed E-state index contributed by atoms with van der Waals surface area (Å²) in [6.07, 6.45) is 0. The zero-order chi connectivity index (χ0) is 13.2. The van der Waals surface area contributed by atoms with E-state index in [1.807, 2.05) is 30.3 Å². The molecule has 0 radical (unpaired) electrons. The predicted molar refractivity (Wildman–Crippen MR) is 76.4 cm³/mol. The van der Waals surface area contributed by atoms with E-state index < -0.39 is 0 Å². The smallest absolute Gasteiger partial charge is 0.130 e. The zero-order valence-corrected chi connectivity index (χ0v) is 11.5. The van der Waals surface area contributed by atoms with Crippen LogP contribution in [0.15, 0.2) is 48.5 Å². The van der Waals surface area contributed by atoms with Crippen molar-refractivity contribution in [2.45, 2.75) is 33.1 Å². The molecule has 0 spiro atoms. The highest BCUT2D eigenvalue weighted by atomic mass is 16.5. The Bertz CT molecular complexity index is 518. The van der Waals surface area contributed by atoms with Gasteiger partial charge in [-0.25, -0.2) is 0 Å². The number of para-hydroxylation sites is 1. The van der Waals surface area contributed by atoms with Crippen molar-refractivity contribution in [1.82, 2.24) is 0 Å². The first-order valence-corrected chi connectivity index (χ1v) is 6.31. The molecule has 0 N–H and O–H groups in total. The van der Waals surface area contributed by atoms with Crippen LogP contribution in [0, 0.1) is 6.92 Å². The van der Waals surface area contributed by atoms with E-state index in [1.54, 1.807) is 0 Å². The van der Waals surface area contributed by atoms with Crippen molar-refractivity contribution < 1.29 is 4.74 Å². The molecule has 0 heterocycles. The molecule has 0 unspecified atom stereocenters. The molecule has 0 fully saturated rings. The fourth-order valence-corrected chi connectivity index (χ4v) is 1.82. The summed E-state index contributed by atoms with van der Waals surface area (Å²) < 4.78 is 5.88. The average molecular weight is 240 g/mol. The SMILES string of the molecule is Cc1ccccc1Oc1ccc(C(C)(C)C)cc1. The summed E-state index contributed by atoms with van der Waals surface area (Å²) >= 11 is 0. The van der Waals surface area contributed by atoms with Gasteiger partial charge in [-0.1, -0.05) is 51.1 Å². The Morgan fingerprint density at radius 3 is 2.00 bits per heavy atom. The third kappa shape index (κ3) is 2.92. The lowest BCUT2D eigenvalue weighted by atomic mass is 9.87. The molecule has 2 rings (SSSR count). The second-order valence-electron chi connectivity index (χ2n) is 5.64. The highest BCUT2D eigenvalue weighted by Gasteiger charge is 2.13. The Morgan fingerprint density at radius 1 is 0.833 bits per heavy atom. The molecule has 18 heavy (non-hydrogen) atoms. The van der Waals surface area contributed by atoms with Gasteiger partial charge >= 0.3 is 0 Å². The summed E-state index contributed by atoms with van der Waals surface area (Å²) in [4.78, 5) is 0. The molecule has 0 aliphatic carbocycles. The van der Waals surface area contributed by atoms with Crippen LogP contribution in [0.2, 0.25) is 0 Å². The summed E-state index contributed by atoms with van der Waals surface area (Å²) in [5.41, 5.74) is 2.65. The van der Waals surface area contributed by atoms with E-state index >= 15 is 0 Å². The van der Waals surface area contributed by atoms with E-state index in [2.05, 4.69) is 45.9 Å². The maximum absolute atomic E-state index is 5.88. The van der Waals surface area contributed by atoms with Crippen LogP contribution >= 0.6 is 0 Å². The molecule has 0 aromatic heterocycles. The molecule has 0 aliphatic heterocycles. The molecule has 0 atom stereocenters. The summed E-state index contributed by atoms with van der Waals surface area (Å²) in [6.45, 7) is 8.69. The van der Waals surface area contributed by atoms with Crippen molar-refractivity contribution in [3.05, 3.63) is 59.7 Å². The maximum Gasteiger partial charge on any atom is 0.130 e. The highest BCUT2D eigenvalue weighted by Crippen LogP contribution is 2.28. The average Bonchev–Trinajstić information content (AvgIpc) is 2.32. The van der Waals surface area contributed by atoms with E-state index in [9.17, 15) is 0 Å². The minimum atomic E-state index is 0.182. The quantitative estimate of drug-likeness (QED) is 0.711. The number of ether oxygens (including phenoxy) is 1. The molecule has 2 aromatic carbocycles. The number of hydrogen-bond acceptors (Lipinski definition) is 1. The lowest BCUT2D eigenvalue weighted by Crippen LogP contribution is -2.10. The fourth-order valence-electron chi connectivity index (χ4n) is 1.82. The first-order chi connectivity index (χ1) is 8.47. The largest absolute Gasteiger partial charge is 0.457 e. The van der Waals surface area contributed by atoms with Gasteiger partial charge in [0.25, 0.3) is 0 Å². The van der Waals surface area contributed by atoms with Crippen molar-refractivity contribution in [3.63, 3.8) is 0 Å². The van der Waals surface area contributed by atoms with Crippen LogP contribution in [-0.2, 0) is 5.41 Å². The minimum Gasteiger partial charge on any atom is -0.457 e. The van der Waals surface area contributed by atoms with E-state index in [1.165, 1.54) is 5.56 Å². The lowest BCUT2D eigenvalue weighted by Gasteiger charge is -2.19. The molecular formula is C17H20O. The topological polar surface area (TPSA) is 9.23 Å². The third-order valence-corrected chi connectivity index (χ3v) is 3.04. The molecule has 1 nitrogen and oxygen atoms in total. The van der Waals surface area contributed by atoms with Crippen LogP contribution in [0.1, 0.15) is 31.9 Å². The Labute approximate surface area is 109 Å². The number of aryl methyl sites for hydroxylation is 1. The van der Waals surface area contributed by atoms with E-state index in [0.29, 0.717) is 0 Å². The standard InChI is InChI=1S/C17H20O/c1-13-7-5-6-8-16(13)18-15-11-9-14(10-12-15)17(2,3)4/h5-12H,1-4H3. The van der Waals surface area contributed by atoms with Gasteiger partial charge in [0.1, 0.15) is 11.5 Å². The van der Waals surface area contributed by atoms with Gasteiger partial charge in [-0.15, -0.1) is 0 Å².